The Morgan fingerprint density at radius 3 is 3.25 bits per heavy atom. The Labute approximate surface area is 119 Å². The number of carbonyl (C=O) groups excluding carboxylic acids is 1. The van der Waals surface area contributed by atoms with Crippen LogP contribution in [0.4, 0.5) is 0 Å². The molecular weight excluding hydrogens is 284 g/mol. The summed E-state index contributed by atoms with van der Waals surface area (Å²) in [6.07, 6.45) is 2.86. The number of nitrogens with zero attached hydrogens (tertiary/aromatic N) is 4. The molecule has 20 heavy (non-hydrogen) atoms. The van der Waals surface area contributed by atoms with E-state index in [4.69, 9.17) is 21.1 Å². The zero-order valence-corrected chi connectivity index (χ0v) is 11.6. The zero-order chi connectivity index (χ0) is 14.1. The van der Waals surface area contributed by atoms with Crippen LogP contribution in [0.25, 0.3) is 11.0 Å². The molecule has 1 saturated heterocycles. The molecule has 3 rings (SSSR count). The summed E-state index contributed by atoms with van der Waals surface area (Å²) >= 11 is 5.97. The number of ether oxygens (including phenoxy) is 2. The Hall–Kier alpha value is -1.73. The van der Waals surface area contributed by atoms with Gasteiger partial charge in [-0.1, -0.05) is 16.8 Å². The van der Waals surface area contributed by atoms with Gasteiger partial charge < -0.3 is 9.47 Å². The maximum Gasteiger partial charge on any atom is 0.302 e. The van der Waals surface area contributed by atoms with Gasteiger partial charge in [0, 0.05) is 13.1 Å². The summed E-state index contributed by atoms with van der Waals surface area (Å²) < 4.78 is 12.5. The monoisotopic (exact) mass is 296 g/mol. The van der Waals surface area contributed by atoms with Gasteiger partial charge in [-0.05, 0) is 18.9 Å². The molecule has 0 spiro atoms. The van der Waals surface area contributed by atoms with Crippen LogP contribution < -0.4 is 0 Å². The van der Waals surface area contributed by atoms with Gasteiger partial charge in [0.05, 0.1) is 11.6 Å². The Balaban J connectivity index is 1.76. The standard InChI is InChI=1S/C12H13ClN4O3/c1-7(18)19-6-8-2-3-10(20-8)17-9-4-5-14-12(13)11(9)15-16-17/h4-5,8,10H,2-3,6H2,1H3/t8-,10-/m1/s1. The third-order valence-electron chi connectivity index (χ3n) is 3.18. The molecule has 8 heteroatoms. The quantitative estimate of drug-likeness (QED) is 0.634. The molecular formula is C12H13ClN4O3. The first kappa shape index (κ1) is 13.3. The normalized spacial score (nSPS) is 22.3. The lowest BCUT2D eigenvalue weighted by molar-refractivity contribution is -0.145. The van der Waals surface area contributed by atoms with Gasteiger partial charge in [0.25, 0.3) is 0 Å². The first-order valence-corrected chi connectivity index (χ1v) is 6.67. The van der Waals surface area contributed by atoms with Crippen LogP contribution in [0.3, 0.4) is 0 Å². The van der Waals surface area contributed by atoms with Crippen molar-refractivity contribution in [2.75, 3.05) is 6.61 Å². The number of esters is 1. The van der Waals surface area contributed by atoms with Crippen molar-refractivity contribution in [3.05, 3.63) is 17.4 Å². The molecule has 106 valence electrons. The molecule has 1 aliphatic rings. The number of hydrogen-bond acceptors (Lipinski definition) is 6. The molecule has 0 saturated carbocycles. The van der Waals surface area contributed by atoms with E-state index in [1.165, 1.54) is 6.92 Å². The van der Waals surface area contributed by atoms with Gasteiger partial charge in [-0.2, -0.15) is 0 Å². The molecule has 0 unspecified atom stereocenters. The number of rotatable bonds is 3. The van der Waals surface area contributed by atoms with Crippen molar-refractivity contribution in [1.82, 2.24) is 20.0 Å². The van der Waals surface area contributed by atoms with Crippen LogP contribution in [0.1, 0.15) is 26.0 Å². The Bertz CT molecular complexity index is 645. The third-order valence-corrected chi connectivity index (χ3v) is 3.45. The summed E-state index contributed by atoms with van der Waals surface area (Å²) in [7, 11) is 0. The summed E-state index contributed by atoms with van der Waals surface area (Å²) in [5.41, 5.74) is 1.34. The van der Waals surface area contributed by atoms with E-state index in [9.17, 15) is 4.79 Å². The minimum Gasteiger partial charge on any atom is -0.463 e. The lowest BCUT2D eigenvalue weighted by Crippen LogP contribution is -2.18. The second kappa shape index (κ2) is 5.34. The van der Waals surface area contributed by atoms with Crippen molar-refractivity contribution >= 4 is 28.6 Å². The molecule has 0 bridgehead atoms. The topological polar surface area (TPSA) is 79.1 Å². The van der Waals surface area contributed by atoms with Crippen LogP contribution in [-0.2, 0) is 14.3 Å². The molecule has 0 N–H and O–H groups in total. The summed E-state index contributed by atoms with van der Waals surface area (Å²) in [6.45, 7) is 1.65. The number of halogens is 1. The second-order valence-corrected chi connectivity index (χ2v) is 4.95. The smallest absolute Gasteiger partial charge is 0.302 e. The van der Waals surface area contributed by atoms with E-state index in [0.29, 0.717) is 10.7 Å². The third kappa shape index (κ3) is 2.46. The summed E-state index contributed by atoms with van der Waals surface area (Å²) in [4.78, 5) is 14.8. The fourth-order valence-electron chi connectivity index (χ4n) is 2.25. The number of aromatic nitrogens is 4. The highest BCUT2D eigenvalue weighted by atomic mass is 35.5. The molecule has 0 aromatic carbocycles. The maximum absolute atomic E-state index is 10.8. The van der Waals surface area contributed by atoms with Gasteiger partial charge in [-0.15, -0.1) is 5.10 Å². The van der Waals surface area contributed by atoms with Crippen molar-refractivity contribution in [2.45, 2.75) is 32.1 Å². The minimum atomic E-state index is -0.305. The highest BCUT2D eigenvalue weighted by Gasteiger charge is 2.29. The van der Waals surface area contributed by atoms with Gasteiger partial charge in [-0.3, -0.25) is 4.79 Å². The first-order chi connectivity index (χ1) is 9.65. The van der Waals surface area contributed by atoms with Crippen molar-refractivity contribution in [3.8, 4) is 0 Å². The Morgan fingerprint density at radius 2 is 2.45 bits per heavy atom. The molecule has 2 aromatic rings. The molecule has 2 atom stereocenters. The molecule has 7 nitrogen and oxygen atoms in total. The lowest BCUT2D eigenvalue weighted by Gasteiger charge is -2.14. The van der Waals surface area contributed by atoms with Gasteiger partial charge in [0.15, 0.2) is 16.9 Å². The summed E-state index contributed by atoms with van der Waals surface area (Å²) in [6, 6.07) is 1.80. The van der Waals surface area contributed by atoms with Gasteiger partial charge in [0.2, 0.25) is 0 Å². The van der Waals surface area contributed by atoms with Crippen LogP contribution >= 0.6 is 11.6 Å². The average molecular weight is 297 g/mol. The van der Waals surface area contributed by atoms with E-state index in [0.717, 1.165) is 18.4 Å². The predicted molar refractivity (Wildman–Crippen MR) is 70.1 cm³/mol. The van der Waals surface area contributed by atoms with E-state index in [-0.39, 0.29) is 24.9 Å². The van der Waals surface area contributed by atoms with Crippen molar-refractivity contribution in [3.63, 3.8) is 0 Å². The van der Waals surface area contributed by atoms with E-state index in [2.05, 4.69) is 15.3 Å². The molecule has 1 fully saturated rings. The fourth-order valence-corrected chi connectivity index (χ4v) is 2.44. The molecule has 0 radical (unpaired) electrons. The molecule has 0 amide bonds. The van der Waals surface area contributed by atoms with E-state index in [1.54, 1.807) is 16.9 Å². The van der Waals surface area contributed by atoms with Gasteiger partial charge in [0.1, 0.15) is 6.61 Å². The lowest BCUT2D eigenvalue weighted by atomic mass is 10.2. The maximum atomic E-state index is 10.8. The summed E-state index contributed by atoms with van der Waals surface area (Å²) in [5, 5.41) is 8.41. The average Bonchev–Trinajstić information content (AvgIpc) is 3.02. The largest absolute Gasteiger partial charge is 0.463 e. The van der Waals surface area contributed by atoms with Crippen molar-refractivity contribution in [1.29, 1.82) is 0 Å². The van der Waals surface area contributed by atoms with Crippen LogP contribution in [0, 0.1) is 0 Å². The van der Waals surface area contributed by atoms with Crippen LogP contribution in [0.15, 0.2) is 12.3 Å². The first-order valence-electron chi connectivity index (χ1n) is 6.29. The van der Waals surface area contributed by atoms with Crippen LogP contribution in [0.2, 0.25) is 5.15 Å². The van der Waals surface area contributed by atoms with E-state index >= 15 is 0 Å². The second-order valence-electron chi connectivity index (χ2n) is 4.60. The minimum absolute atomic E-state index is 0.111. The van der Waals surface area contributed by atoms with E-state index in [1.807, 2.05) is 0 Å². The molecule has 0 aliphatic carbocycles. The SMILES string of the molecule is CC(=O)OC[C@H]1CC[C@H](n2nnc3c(Cl)nccc32)O1. The fraction of sp³-hybridized carbons (Fsp3) is 0.500. The highest BCUT2D eigenvalue weighted by Crippen LogP contribution is 2.30. The number of hydrogen-bond donors (Lipinski definition) is 0. The molecule has 1 aliphatic heterocycles. The predicted octanol–water partition coefficient (Wildman–Crippen LogP) is 1.72. The van der Waals surface area contributed by atoms with Crippen molar-refractivity contribution in [2.24, 2.45) is 0 Å². The van der Waals surface area contributed by atoms with Crippen molar-refractivity contribution < 1.29 is 14.3 Å². The Morgan fingerprint density at radius 1 is 1.60 bits per heavy atom. The van der Waals surface area contributed by atoms with Crippen LogP contribution in [0.5, 0.6) is 0 Å². The molecule has 3 heterocycles. The van der Waals surface area contributed by atoms with Gasteiger partial charge >= 0.3 is 5.97 Å². The highest BCUT2D eigenvalue weighted by molar-refractivity contribution is 6.33. The number of pyridine rings is 1. The number of fused-ring (bicyclic) bond motifs is 1. The molecule has 2 aromatic heterocycles. The Kier molecular flexibility index (Phi) is 3.54. The summed E-state index contributed by atoms with van der Waals surface area (Å²) in [5.74, 6) is -0.305. The zero-order valence-electron chi connectivity index (χ0n) is 10.8. The van der Waals surface area contributed by atoms with Gasteiger partial charge in [-0.25, -0.2) is 9.67 Å². The van der Waals surface area contributed by atoms with Crippen LogP contribution in [-0.4, -0.2) is 38.7 Å². The van der Waals surface area contributed by atoms with E-state index < -0.39 is 0 Å². The number of carbonyl (C=O) groups is 1.